The van der Waals surface area contributed by atoms with E-state index in [2.05, 4.69) is 4.98 Å². The van der Waals surface area contributed by atoms with Crippen molar-refractivity contribution in [2.75, 3.05) is 6.61 Å². The van der Waals surface area contributed by atoms with Crippen LogP contribution in [0.4, 0.5) is 0 Å². The van der Waals surface area contributed by atoms with Crippen molar-refractivity contribution >= 4 is 34.4 Å². The Labute approximate surface area is 126 Å². The SMILES string of the molecule is CCOC(=O)c1[nH]c2ccc(CCl)cc2c1CCC(=O)O. The summed E-state index contributed by atoms with van der Waals surface area (Å²) in [6, 6.07) is 5.57. The van der Waals surface area contributed by atoms with Crippen molar-refractivity contribution in [2.45, 2.75) is 25.6 Å². The van der Waals surface area contributed by atoms with Gasteiger partial charge in [0.1, 0.15) is 5.69 Å². The van der Waals surface area contributed by atoms with Gasteiger partial charge in [-0.2, -0.15) is 0 Å². The molecule has 0 spiro atoms. The lowest BCUT2D eigenvalue weighted by atomic mass is 10.0. The quantitative estimate of drug-likeness (QED) is 0.635. The van der Waals surface area contributed by atoms with E-state index in [1.165, 1.54) is 0 Å². The molecule has 0 aliphatic heterocycles. The van der Waals surface area contributed by atoms with Gasteiger partial charge < -0.3 is 14.8 Å². The van der Waals surface area contributed by atoms with E-state index in [1.807, 2.05) is 18.2 Å². The molecule has 2 N–H and O–H groups in total. The summed E-state index contributed by atoms with van der Waals surface area (Å²) in [6.45, 7) is 1.99. The van der Waals surface area contributed by atoms with Crippen molar-refractivity contribution in [3.8, 4) is 0 Å². The molecule has 0 saturated heterocycles. The van der Waals surface area contributed by atoms with Crippen LogP contribution in [0.5, 0.6) is 0 Å². The number of hydrogen-bond donors (Lipinski definition) is 2. The summed E-state index contributed by atoms with van der Waals surface area (Å²) in [5.74, 6) is -1.03. The Morgan fingerprint density at radius 2 is 2.14 bits per heavy atom. The summed E-state index contributed by atoms with van der Waals surface area (Å²) in [5.41, 5.74) is 2.67. The zero-order valence-corrected chi connectivity index (χ0v) is 12.4. The van der Waals surface area contributed by atoms with Crippen LogP contribution in [0.15, 0.2) is 18.2 Å². The Bertz CT molecular complexity index is 678. The summed E-state index contributed by atoms with van der Waals surface area (Å²) < 4.78 is 5.02. The van der Waals surface area contributed by atoms with Gasteiger partial charge in [-0.05, 0) is 36.6 Å². The Morgan fingerprint density at radius 3 is 2.76 bits per heavy atom. The lowest BCUT2D eigenvalue weighted by Gasteiger charge is -2.03. The number of carboxylic acids is 1. The number of halogens is 1. The van der Waals surface area contributed by atoms with Gasteiger partial charge in [0.15, 0.2) is 0 Å². The molecule has 0 radical (unpaired) electrons. The number of esters is 1. The molecule has 21 heavy (non-hydrogen) atoms. The van der Waals surface area contributed by atoms with Gasteiger partial charge in [0.05, 0.1) is 6.61 Å². The highest BCUT2D eigenvalue weighted by atomic mass is 35.5. The van der Waals surface area contributed by atoms with Gasteiger partial charge in [0.2, 0.25) is 0 Å². The molecule has 1 aromatic carbocycles. The zero-order valence-electron chi connectivity index (χ0n) is 11.6. The van der Waals surface area contributed by atoms with Gasteiger partial charge in [0.25, 0.3) is 0 Å². The van der Waals surface area contributed by atoms with Crippen molar-refractivity contribution in [1.82, 2.24) is 4.98 Å². The second-order valence-electron chi connectivity index (χ2n) is 4.61. The average molecular weight is 310 g/mol. The summed E-state index contributed by atoms with van der Waals surface area (Å²) >= 11 is 5.83. The van der Waals surface area contributed by atoms with Crippen LogP contribution >= 0.6 is 11.6 Å². The van der Waals surface area contributed by atoms with Crippen molar-refractivity contribution in [2.24, 2.45) is 0 Å². The van der Waals surface area contributed by atoms with Crippen molar-refractivity contribution in [3.05, 3.63) is 35.0 Å². The molecule has 0 amide bonds. The first-order chi connectivity index (χ1) is 10.1. The summed E-state index contributed by atoms with van der Waals surface area (Å²) in [4.78, 5) is 25.8. The maximum atomic E-state index is 12.0. The van der Waals surface area contributed by atoms with E-state index in [1.54, 1.807) is 6.92 Å². The minimum atomic E-state index is -0.910. The number of alkyl halides is 1. The Balaban J connectivity index is 2.52. The summed E-state index contributed by atoms with van der Waals surface area (Å²) in [6.07, 6.45) is 0.208. The number of aliphatic carboxylic acids is 1. The Hall–Kier alpha value is -2.01. The molecule has 0 aliphatic rings. The maximum Gasteiger partial charge on any atom is 0.355 e. The fraction of sp³-hybridized carbons (Fsp3) is 0.333. The number of aryl methyl sites for hydroxylation is 1. The molecule has 0 fully saturated rings. The zero-order chi connectivity index (χ0) is 15.4. The van der Waals surface area contributed by atoms with E-state index in [-0.39, 0.29) is 19.4 Å². The highest BCUT2D eigenvalue weighted by Gasteiger charge is 2.19. The number of benzene rings is 1. The average Bonchev–Trinajstić information content (AvgIpc) is 2.83. The van der Waals surface area contributed by atoms with Crippen LogP contribution < -0.4 is 0 Å². The normalized spacial score (nSPS) is 10.8. The number of H-pyrrole nitrogens is 1. The van der Waals surface area contributed by atoms with Crippen LogP contribution in [0, 0.1) is 0 Å². The predicted octanol–water partition coefficient (Wildman–Crippen LogP) is 3.10. The van der Waals surface area contributed by atoms with E-state index < -0.39 is 11.9 Å². The summed E-state index contributed by atoms with van der Waals surface area (Å²) in [5, 5.41) is 9.69. The Morgan fingerprint density at radius 1 is 1.38 bits per heavy atom. The molecule has 5 nitrogen and oxygen atoms in total. The van der Waals surface area contributed by atoms with E-state index >= 15 is 0 Å². The van der Waals surface area contributed by atoms with Gasteiger partial charge in [-0.3, -0.25) is 4.79 Å². The molecule has 0 bridgehead atoms. The second-order valence-corrected chi connectivity index (χ2v) is 4.87. The molecule has 1 heterocycles. The van der Waals surface area contributed by atoms with E-state index in [0.717, 1.165) is 16.5 Å². The van der Waals surface area contributed by atoms with E-state index in [0.29, 0.717) is 17.1 Å². The Kier molecular flexibility index (Phi) is 4.85. The molecule has 112 valence electrons. The molecule has 0 atom stereocenters. The van der Waals surface area contributed by atoms with E-state index in [4.69, 9.17) is 21.4 Å². The predicted molar refractivity (Wildman–Crippen MR) is 79.8 cm³/mol. The largest absolute Gasteiger partial charge is 0.481 e. The smallest absolute Gasteiger partial charge is 0.355 e. The van der Waals surface area contributed by atoms with Crippen molar-refractivity contribution in [1.29, 1.82) is 0 Å². The molecule has 0 unspecified atom stereocenters. The van der Waals surface area contributed by atoms with Gasteiger partial charge in [-0.1, -0.05) is 6.07 Å². The third-order valence-corrected chi connectivity index (χ3v) is 3.50. The van der Waals surface area contributed by atoms with Crippen LogP contribution in [-0.4, -0.2) is 28.6 Å². The van der Waals surface area contributed by atoms with Crippen LogP contribution in [0.2, 0.25) is 0 Å². The number of nitrogens with one attached hydrogen (secondary N) is 1. The van der Waals surface area contributed by atoms with Crippen molar-refractivity contribution in [3.63, 3.8) is 0 Å². The molecule has 2 rings (SSSR count). The minimum absolute atomic E-state index is 0.0511. The standard InChI is InChI=1S/C15H16ClNO4/c1-2-21-15(20)14-10(4-6-13(18)19)11-7-9(8-16)3-5-12(11)17-14/h3,5,7,17H,2,4,6,8H2,1H3,(H,18,19). The molecule has 2 aromatic rings. The number of aromatic nitrogens is 1. The van der Waals surface area contributed by atoms with Crippen molar-refractivity contribution < 1.29 is 19.4 Å². The van der Waals surface area contributed by atoms with Gasteiger partial charge >= 0.3 is 11.9 Å². The topological polar surface area (TPSA) is 79.4 Å². The third-order valence-electron chi connectivity index (χ3n) is 3.19. The van der Waals surface area contributed by atoms with Crippen LogP contribution in [0.25, 0.3) is 10.9 Å². The number of carboxylic acid groups (broad SMARTS) is 1. The first-order valence-electron chi connectivity index (χ1n) is 6.65. The number of hydrogen-bond acceptors (Lipinski definition) is 3. The number of carbonyl (C=O) groups excluding carboxylic acids is 1. The number of aromatic amines is 1. The highest BCUT2D eigenvalue weighted by Crippen LogP contribution is 2.26. The molecular weight excluding hydrogens is 294 g/mol. The third kappa shape index (κ3) is 3.36. The van der Waals surface area contributed by atoms with Gasteiger partial charge in [0, 0.05) is 23.2 Å². The highest BCUT2D eigenvalue weighted by molar-refractivity contribution is 6.17. The van der Waals surface area contributed by atoms with E-state index in [9.17, 15) is 9.59 Å². The lowest BCUT2D eigenvalue weighted by molar-refractivity contribution is -0.136. The van der Waals surface area contributed by atoms with Gasteiger partial charge in [-0.25, -0.2) is 4.79 Å². The molecule has 1 aromatic heterocycles. The number of rotatable bonds is 6. The lowest BCUT2D eigenvalue weighted by Crippen LogP contribution is -2.09. The van der Waals surface area contributed by atoms with Gasteiger partial charge in [-0.15, -0.1) is 11.6 Å². The fourth-order valence-electron chi connectivity index (χ4n) is 2.25. The van der Waals surface area contributed by atoms with Crippen LogP contribution in [0.3, 0.4) is 0 Å². The molecule has 0 aliphatic carbocycles. The molecule has 0 saturated carbocycles. The number of carbonyl (C=O) groups is 2. The molecular formula is C15H16ClNO4. The fourth-order valence-corrected chi connectivity index (χ4v) is 2.41. The molecule has 6 heteroatoms. The maximum absolute atomic E-state index is 12.0. The minimum Gasteiger partial charge on any atom is -0.481 e. The van der Waals surface area contributed by atoms with Crippen LogP contribution in [0.1, 0.15) is 35.0 Å². The van der Waals surface area contributed by atoms with Crippen LogP contribution in [-0.2, 0) is 21.8 Å². The monoisotopic (exact) mass is 309 g/mol. The first kappa shape index (κ1) is 15.4. The number of ether oxygens (including phenoxy) is 1. The number of fused-ring (bicyclic) bond motifs is 1. The summed E-state index contributed by atoms with van der Waals surface area (Å²) in [7, 11) is 0. The first-order valence-corrected chi connectivity index (χ1v) is 7.18. The second kappa shape index (κ2) is 6.63.